The van der Waals surface area contributed by atoms with Crippen LogP contribution in [-0.4, -0.2) is 6.21 Å². The molecule has 2 nitrogen and oxygen atoms in total. The summed E-state index contributed by atoms with van der Waals surface area (Å²) in [5.41, 5.74) is 3.73. The Morgan fingerprint density at radius 2 is 1.89 bits per heavy atom. The largest absolute Gasteiger partial charge is 0.260 e. The summed E-state index contributed by atoms with van der Waals surface area (Å²) in [6, 6.07) is 13.0. The molecule has 2 aromatic carbocycles. The van der Waals surface area contributed by atoms with Crippen LogP contribution in [0.3, 0.4) is 0 Å². The lowest BCUT2D eigenvalue weighted by atomic mass is 10.0. The summed E-state index contributed by atoms with van der Waals surface area (Å²) >= 11 is 0. The van der Waals surface area contributed by atoms with Crippen LogP contribution in [-0.2, 0) is 13.5 Å². The monoisotopic (exact) mass is 233 g/mol. The molecular formula is C16H13N2+. The lowest BCUT2D eigenvalue weighted by Crippen LogP contribution is -2.28. The molecule has 0 N–H and O–H groups in total. The molecule has 0 radical (unpaired) electrons. The molecule has 3 aromatic rings. The van der Waals surface area contributed by atoms with Crippen LogP contribution < -0.4 is 4.57 Å². The predicted molar refractivity (Wildman–Crippen MR) is 74.5 cm³/mol. The molecular weight excluding hydrogens is 220 g/mol. The van der Waals surface area contributed by atoms with Gasteiger partial charge in [0.2, 0.25) is 5.52 Å². The van der Waals surface area contributed by atoms with Crippen molar-refractivity contribution in [3.8, 4) is 0 Å². The molecule has 0 fully saturated rings. The van der Waals surface area contributed by atoms with E-state index in [1.807, 2.05) is 6.21 Å². The summed E-state index contributed by atoms with van der Waals surface area (Å²) in [5, 5.41) is 3.84. The van der Waals surface area contributed by atoms with Crippen LogP contribution in [0.25, 0.3) is 21.7 Å². The highest BCUT2D eigenvalue weighted by Crippen LogP contribution is 2.35. The van der Waals surface area contributed by atoms with E-state index in [1.54, 1.807) is 0 Å². The van der Waals surface area contributed by atoms with Crippen LogP contribution >= 0.6 is 0 Å². The SMILES string of the molecule is C[n+]1cc2c3c(ccc2c2ccccc21)CC=N3. The highest BCUT2D eigenvalue weighted by atomic mass is 14.9. The zero-order valence-electron chi connectivity index (χ0n) is 10.2. The molecule has 0 atom stereocenters. The molecule has 0 spiro atoms. The van der Waals surface area contributed by atoms with Crippen LogP contribution in [0.4, 0.5) is 5.69 Å². The summed E-state index contributed by atoms with van der Waals surface area (Å²) in [4.78, 5) is 4.54. The van der Waals surface area contributed by atoms with Gasteiger partial charge in [-0.15, -0.1) is 0 Å². The number of hydrogen-bond acceptors (Lipinski definition) is 1. The number of hydrogen-bond donors (Lipinski definition) is 0. The van der Waals surface area contributed by atoms with Crippen molar-refractivity contribution >= 4 is 33.6 Å². The van der Waals surface area contributed by atoms with Gasteiger partial charge in [-0.1, -0.05) is 24.3 Å². The van der Waals surface area contributed by atoms with Crippen molar-refractivity contribution < 1.29 is 4.57 Å². The molecule has 0 bridgehead atoms. The molecule has 1 aliphatic rings. The van der Waals surface area contributed by atoms with Crippen molar-refractivity contribution in [1.82, 2.24) is 0 Å². The first kappa shape index (κ1) is 9.77. The third-order valence-electron chi connectivity index (χ3n) is 3.73. The van der Waals surface area contributed by atoms with Crippen LogP contribution in [0.5, 0.6) is 0 Å². The van der Waals surface area contributed by atoms with Crippen LogP contribution in [0.15, 0.2) is 47.6 Å². The molecule has 18 heavy (non-hydrogen) atoms. The number of aryl methyl sites for hydroxylation is 1. The number of benzene rings is 2. The Kier molecular flexibility index (Phi) is 1.84. The van der Waals surface area contributed by atoms with Crippen molar-refractivity contribution in [2.75, 3.05) is 0 Å². The molecule has 0 unspecified atom stereocenters. The summed E-state index contributed by atoms with van der Waals surface area (Å²) < 4.78 is 2.19. The maximum Gasteiger partial charge on any atom is 0.212 e. The smallest absolute Gasteiger partial charge is 0.212 e. The minimum atomic E-state index is 0.960. The van der Waals surface area contributed by atoms with Gasteiger partial charge < -0.3 is 0 Å². The van der Waals surface area contributed by atoms with Crippen molar-refractivity contribution in [2.24, 2.45) is 12.0 Å². The number of fused-ring (bicyclic) bond motifs is 5. The minimum absolute atomic E-state index is 0.960. The first-order valence-electron chi connectivity index (χ1n) is 6.20. The molecule has 0 amide bonds. The van der Waals surface area contributed by atoms with E-state index in [2.05, 4.69) is 59.2 Å². The molecule has 4 rings (SSSR count). The van der Waals surface area contributed by atoms with Crippen LogP contribution in [0.2, 0.25) is 0 Å². The lowest BCUT2D eigenvalue weighted by Gasteiger charge is -2.05. The number of pyridine rings is 1. The van der Waals surface area contributed by atoms with Crippen molar-refractivity contribution in [1.29, 1.82) is 0 Å². The van der Waals surface area contributed by atoms with E-state index in [1.165, 1.54) is 27.2 Å². The molecule has 2 heterocycles. The van der Waals surface area contributed by atoms with E-state index in [0.717, 1.165) is 12.1 Å². The topological polar surface area (TPSA) is 16.2 Å². The maximum absolute atomic E-state index is 4.54. The lowest BCUT2D eigenvalue weighted by molar-refractivity contribution is -0.643. The number of aliphatic imine (C=N–C) groups is 1. The molecule has 0 saturated carbocycles. The molecule has 1 aromatic heterocycles. The van der Waals surface area contributed by atoms with Crippen molar-refractivity contribution in [3.63, 3.8) is 0 Å². The number of para-hydroxylation sites is 1. The fourth-order valence-corrected chi connectivity index (χ4v) is 2.84. The van der Waals surface area contributed by atoms with Gasteiger partial charge in [-0.2, -0.15) is 0 Å². The Morgan fingerprint density at radius 1 is 1.00 bits per heavy atom. The van der Waals surface area contributed by atoms with Crippen molar-refractivity contribution in [3.05, 3.63) is 48.2 Å². The van der Waals surface area contributed by atoms with Gasteiger partial charge in [-0.25, -0.2) is 4.57 Å². The average Bonchev–Trinajstić information content (AvgIpc) is 2.88. The second-order valence-electron chi connectivity index (χ2n) is 4.81. The molecule has 0 saturated heterocycles. The van der Waals surface area contributed by atoms with Crippen LogP contribution in [0.1, 0.15) is 5.56 Å². The van der Waals surface area contributed by atoms with E-state index in [-0.39, 0.29) is 0 Å². The summed E-state index contributed by atoms with van der Waals surface area (Å²) in [6.45, 7) is 0. The molecule has 0 aliphatic carbocycles. The fraction of sp³-hybridized carbons (Fsp3) is 0.125. The van der Waals surface area contributed by atoms with Crippen molar-refractivity contribution in [2.45, 2.75) is 6.42 Å². The highest BCUT2D eigenvalue weighted by molar-refractivity contribution is 6.09. The van der Waals surface area contributed by atoms with Gasteiger partial charge in [-0.3, -0.25) is 4.99 Å². The first-order valence-corrected chi connectivity index (χ1v) is 6.20. The van der Waals surface area contributed by atoms with E-state index < -0.39 is 0 Å². The molecule has 2 heteroatoms. The highest BCUT2D eigenvalue weighted by Gasteiger charge is 2.16. The Bertz CT molecular complexity index is 816. The maximum atomic E-state index is 4.54. The summed E-state index contributed by atoms with van der Waals surface area (Å²) in [7, 11) is 2.10. The molecule has 1 aliphatic heterocycles. The zero-order chi connectivity index (χ0) is 12.1. The Balaban J connectivity index is 2.28. The normalized spacial score (nSPS) is 13.4. The number of nitrogens with zero attached hydrogens (tertiary/aromatic N) is 2. The quantitative estimate of drug-likeness (QED) is 0.419. The Morgan fingerprint density at radius 3 is 2.83 bits per heavy atom. The second kappa shape index (κ2) is 3.39. The van der Waals surface area contributed by atoms with Gasteiger partial charge in [0.05, 0.1) is 16.5 Å². The zero-order valence-corrected chi connectivity index (χ0v) is 10.2. The Hall–Kier alpha value is -2.22. The van der Waals surface area contributed by atoms with E-state index in [9.17, 15) is 0 Å². The third-order valence-corrected chi connectivity index (χ3v) is 3.73. The fourth-order valence-electron chi connectivity index (χ4n) is 2.84. The summed E-state index contributed by atoms with van der Waals surface area (Å²) in [5.74, 6) is 0. The van der Waals surface area contributed by atoms with Gasteiger partial charge >= 0.3 is 0 Å². The van der Waals surface area contributed by atoms with Gasteiger partial charge in [-0.05, 0) is 11.6 Å². The van der Waals surface area contributed by atoms with Gasteiger partial charge in [0, 0.05) is 24.1 Å². The third kappa shape index (κ3) is 1.17. The van der Waals surface area contributed by atoms with Gasteiger partial charge in [0.1, 0.15) is 7.05 Å². The van der Waals surface area contributed by atoms with E-state index in [4.69, 9.17) is 0 Å². The predicted octanol–water partition coefficient (Wildman–Crippen LogP) is 3.08. The van der Waals surface area contributed by atoms with E-state index in [0.29, 0.717) is 0 Å². The number of rotatable bonds is 0. The molecule has 86 valence electrons. The van der Waals surface area contributed by atoms with Gasteiger partial charge in [0.25, 0.3) is 0 Å². The second-order valence-corrected chi connectivity index (χ2v) is 4.81. The van der Waals surface area contributed by atoms with Crippen LogP contribution in [0, 0.1) is 0 Å². The standard InChI is InChI=1S/C16H13N2/c1-18-10-14-12(13-4-2-3-5-15(13)18)7-6-11-8-9-17-16(11)14/h2-7,9-10H,8H2,1H3/q+1. The van der Waals surface area contributed by atoms with E-state index >= 15 is 0 Å². The summed E-state index contributed by atoms with van der Waals surface area (Å²) in [6.07, 6.45) is 5.15. The minimum Gasteiger partial charge on any atom is -0.260 e. The van der Waals surface area contributed by atoms with Gasteiger partial charge in [0.15, 0.2) is 6.20 Å². The Labute approximate surface area is 105 Å². The first-order chi connectivity index (χ1) is 8.84. The average molecular weight is 233 g/mol. The number of aromatic nitrogens is 1.